The first-order chi connectivity index (χ1) is 6.97. The molecular formula is C14H20O. The van der Waals surface area contributed by atoms with Crippen molar-refractivity contribution in [1.82, 2.24) is 0 Å². The van der Waals surface area contributed by atoms with Gasteiger partial charge in [0.15, 0.2) is 0 Å². The van der Waals surface area contributed by atoms with Gasteiger partial charge in [-0.25, -0.2) is 0 Å². The number of hydrogen-bond acceptors (Lipinski definition) is 1. The summed E-state index contributed by atoms with van der Waals surface area (Å²) in [6, 6.07) is 6.08. The Morgan fingerprint density at radius 1 is 1.27 bits per heavy atom. The second kappa shape index (κ2) is 3.55. The van der Waals surface area contributed by atoms with Crippen molar-refractivity contribution in [2.75, 3.05) is 0 Å². The van der Waals surface area contributed by atoms with Crippen molar-refractivity contribution in [3.63, 3.8) is 0 Å². The molecule has 1 aromatic carbocycles. The fourth-order valence-electron chi connectivity index (χ4n) is 1.97. The first-order valence-corrected chi connectivity index (χ1v) is 5.79. The quantitative estimate of drug-likeness (QED) is 0.779. The molecule has 1 saturated carbocycles. The van der Waals surface area contributed by atoms with Crippen molar-refractivity contribution in [2.45, 2.75) is 45.4 Å². The minimum absolute atomic E-state index is 0.0314. The van der Waals surface area contributed by atoms with E-state index in [-0.39, 0.29) is 5.41 Å². The van der Waals surface area contributed by atoms with Crippen LogP contribution in [0.15, 0.2) is 18.2 Å². The van der Waals surface area contributed by atoms with E-state index < -0.39 is 0 Å². The molecule has 0 bridgehead atoms. The highest BCUT2D eigenvalue weighted by Gasteiger charge is 2.23. The molecule has 0 atom stereocenters. The van der Waals surface area contributed by atoms with Gasteiger partial charge in [0.05, 0.1) is 0 Å². The smallest absolute Gasteiger partial charge is 0.119 e. The van der Waals surface area contributed by atoms with Crippen LogP contribution in [0.4, 0.5) is 0 Å². The predicted molar refractivity (Wildman–Crippen MR) is 63.2 cm³/mol. The van der Waals surface area contributed by atoms with Crippen molar-refractivity contribution in [1.29, 1.82) is 0 Å². The number of hydrogen-bond donors (Lipinski definition) is 1. The van der Waals surface area contributed by atoms with Crippen LogP contribution in [0.2, 0.25) is 0 Å². The van der Waals surface area contributed by atoms with E-state index in [4.69, 9.17) is 0 Å². The fraction of sp³-hybridized carbons (Fsp3) is 0.571. The van der Waals surface area contributed by atoms with Gasteiger partial charge in [0, 0.05) is 0 Å². The largest absolute Gasteiger partial charge is 0.508 e. The third-order valence-electron chi connectivity index (χ3n) is 3.09. The molecule has 2 rings (SSSR count). The summed E-state index contributed by atoms with van der Waals surface area (Å²) >= 11 is 0. The number of rotatable bonds is 2. The minimum atomic E-state index is 0.0314. The number of aromatic hydroxyl groups is 1. The maximum atomic E-state index is 9.82. The van der Waals surface area contributed by atoms with Gasteiger partial charge in [0.1, 0.15) is 5.75 Å². The van der Waals surface area contributed by atoms with Crippen molar-refractivity contribution in [3.8, 4) is 5.75 Å². The van der Waals surface area contributed by atoms with Gasteiger partial charge in [-0.15, -0.1) is 0 Å². The van der Waals surface area contributed by atoms with Crippen LogP contribution < -0.4 is 0 Å². The number of phenols is 1. The van der Waals surface area contributed by atoms with Crippen molar-refractivity contribution in [3.05, 3.63) is 29.3 Å². The molecule has 1 N–H and O–H groups in total. The fourth-order valence-corrected chi connectivity index (χ4v) is 1.97. The normalized spacial score (nSPS) is 16.7. The Hall–Kier alpha value is -0.980. The molecule has 0 amide bonds. The molecule has 0 spiro atoms. The third-order valence-corrected chi connectivity index (χ3v) is 3.09. The summed E-state index contributed by atoms with van der Waals surface area (Å²) in [6.45, 7) is 6.43. The molecule has 1 aliphatic carbocycles. The molecule has 15 heavy (non-hydrogen) atoms. The average Bonchev–Trinajstić information content (AvgIpc) is 2.90. The van der Waals surface area contributed by atoms with Crippen LogP contribution in [-0.4, -0.2) is 5.11 Å². The minimum Gasteiger partial charge on any atom is -0.508 e. The topological polar surface area (TPSA) is 20.2 Å². The van der Waals surface area contributed by atoms with Gasteiger partial charge in [-0.2, -0.15) is 0 Å². The molecule has 82 valence electrons. The maximum absolute atomic E-state index is 9.82. The van der Waals surface area contributed by atoms with Gasteiger partial charge in [-0.05, 0) is 47.8 Å². The molecule has 0 heterocycles. The van der Waals surface area contributed by atoms with Crippen molar-refractivity contribution in [2.24, 2.45) is 5.92 Å². The van der Waals surface area contributed by atoms with Crippen LogP contribution >= 0.6 is 0 Å². The zero-order valence-corrected chi connectivity index (χ0v) is 9.88. The molecule has 1 nitrogen and oxygen atoms in total. The number of benzene rings is 1. The Labute approximate surface area is 92.1 Å². The van der Waals surface area contributed by atoms with Crippen LogP contribution in [0.1, 0.15) is 44.7 Å². The lowest BCUT2D eigenvalue weighted by Crippen LogP contribution is -2.11. The monoisotopic (exact) mass is 204 g/mol. The Morgan fingerprint density at radius 2 is 1.93 bits per heavy atom. The van der Waals surface area contributed by atoms with Crippen LogP contribution in [0.5, 0.6) is 5.75 Å². The Morgan fingerprint density at radius 3 is 2.47 bits per heavy atom. The summed E-state index contributed by atoms with van der Waals surface area (Å²) in [5, 5.41) is 9.82. The lowest BCUT2D eigenvalue weighted by Gasteiger charge is -2.21. The zero-order valence-electron chi connectivity index (χ0n) is 9.88. The van der Waals surface area contributed by atoms with E-state index in [1.165, 1.54) is 24.8 Å². The van der Waals surface area contributed by atoms with Gasteiger partial charge in [0.25, 0.3) is 0 Å². The van der Waals surface area contributed by atoms with Gasteiger partial charge in [0.2, 0.25) is 0 Å². The highest BCUT2D eigenvalue weighted by Crippen LogP contribution is 2.36. The standard InChI is InChI=1S/C14H20O/c1-14(2,3)12-9-11(6-7-13(12)15)8-10-4-5-10/h6-7,9-10,15H,4-5,8H2,1-3H3. The lowest BCUT2D eigenvalue weighted by molar-refractivity contribution is 0.446. The van der Waals surface area contributed by atoms with Crippen LogP contribution in [0.25, 0.3) is 0 Å². The first-order valence-electron chi connectivity index (χ1n) is 5.79. The summed E-state index contributed by atoms with van der Waals surface area (Å²) in [5.74, 6) is 1.34. The van der Waals surface area contributed by atoms with Crippen LogP contribution in [0, 0.1) is 5.92 Å². The van der Waals surface area contributed by atoms with E-state index in [1.807, 2.05) is 6.07 Å². The van der Waals surface area contributed by atoms with E-state index in [1.54, 1.807) is 0 Å². The molecule has 0 aliphatic heterocycles. The number of phenolic OH excluding ortho intramolecular Hbond substituents is 1. The first kappa shape index (κ1) is 10.5. The Balaban J connectivity index is 2.27. The van der Waals surface area contributed by atoms with E-state index in [9.17, 15) is 5.11 Å². The maximum Gasteiger partial charge on any atom is 0.119 e. The Bertz CT molecular complexity index is 356. The van der Waals surface area contributed by atoms with E-state index in [0.29, 0.717) is 5.75 Å². The Kier molecular flexibility index (Phi) is 2.49. The molecule has 0 radical (unpaired) electrons. The van der Waals surface area contributed by atoms with Crippen LogP contribution in [0.3, 0.4) is 0 Å². The molecule has 1 heteroatoms. The van der Waals surface area contributed by atoms with Gasteiger partial charge in [-0.1, -0.05) is 32.9 Å². The summed E-state index contributed by atoms with van der Waals surface area (Å²) < 4.78 is 0. The zero-order chi connectivity index (χ0) is 11.1. The van der Waals surface area contributed by atoms with E-state index in [0.717, 1.165) is 11.5 Å². The van der Waals surface area contributed by atoms with Crippen molar-refractivity contribution >= 4 is 0 Å². The van der Waals surface area contributed by atoms with Crippen LogP contribution in [-0.2, 0) is 11.8 Å². The second-order valence-electron chi connectivity index (χ2n) is 5.75. The highest BCUT2D eigenvalue weighted by atomic mass is 16.3. The molecular weight excluding hydrogens is 184 g/mol. The second-order valence-corrected chi connectivity index (χ2v) is 5.75. The molecule has 0 aromatic heterocycles. The van der Waals surface area contributed by atoms with Gasteiger partial charge in [-0.3, -0.25) is 0 Å². The SMILES string of the molecule is CC(C)(C)c1cc(CC2CC2)ccc1O. The van der Waals surface area contributed by atoms with Crippen molar-refractivity contribution < 1.29 is 5.11 Å². The molecule has 0 saturated heterocycles. The van der Waals surface area contributed by atoms with Gasteiger partial charge < -0.3 is 5.11 Å². The lowest BCUT2D eigenvalue weighted by atomic mass is 9.85. The summed E-state index contributed by atoms with van der Waals surface area (Å²) in [6.07, 6.45) is 3.95. The average molecular weight is 204 g/mol. The highest BCUT2D eigenvalue weighted by molar-refractivity contribution is 5.40. The van der Waals surface area contributed by atoms with Gasteiger partial charge >= 0.3 is 0 Å². The summed E-state index contributed by atoms with van der Waals surface area (Å²) in [4.78, 5) is 0. The molecule has 1 aromatic rings. The van der Waals surface area contributed by atoms with E-state index >= 15 is 0 Å². The summed E-state index contributed by atoms with van der Waals surface area (Å²) in [5.41, 5.74) is 2.48. The molecule has 1 aliphatic rings. The molecule has 0 unspecified atom stereocenters. The van der Waals surface area contributed by atoms with E-state index in [2.05, 4.69) is 32.9 Å². The summed E-state index contributed by atoms with van der Waals surface area (Å²) in [7, 11) is 0. The third kappa shape index (κ3) is 2.53. The molecule has 1 fully saturated rings. The predicted octanol–water partition coefficient (Wildman–Crippen LogP) is 3.64.